The molecule has 0 radical (unpaired) electrons. The molecule has 0 spiro atoms. The van der Waals surface area contributed by atoms with Crippen LogP contribution in [0.3, 0.4) is 0 Å². The fourth-order valence-electron chi connectivity index (χ4n) is 1.78. The molecule has 1 aromatic carbocycles. The first-order valence-corrected chi connectivity index (χ1v) is 9.09. The van der Waals surface area contributed by atoms with E-state index in [2.05, 4.69) is 20.7 Å². The zero-order chi connectivity index (χ0) is 15.6. The molecular weight excluding hydrogens is 381 g/mol. The zero-order valence-electron chi connectivity index (χ0n) is 11.3. The molecule has 1 aromatic heterocycles. The van der Waals surface area contributed by atoms with Gasteiger partial charge in [0, 0.05) is 10.5 Å². The summed E-state index contributed by atoms with van der Waals surface area (Å²) in [7, 11) is -2.28. The Kier molecular flexibility index (Phi) is 5.03. The molecule has 1 atom stereocenters. The summed E-state index contributed by atoms with van der Waals surface area (Å²) in [5, 5.41) is 1.68. The molecule has 0 saturated carbocycles. The number of methoxy groups -OCH3 is 1. The minimum atomic E-state index is -3.66. The molecule has 0 aliphatic heterocycles. The molecule has 0 aliphatic rings. The number of hydrogen-bond acceptors (Lipinski definition) is 4. The Morgan fingerprint density at radius 1 is 1.38 bits per heavy atom. The lowest BCUT2D eigenvalue weighted by molar-refractivity contribution is 0.386. The van der Waals surface area contributed by atoms with Crippen molar-refractivity contribution in [1.82, 2.24) is 4.72 Å². The third kappa shape index (κ3) is 3.63. The number of ether oxygens (including phenoxy) is 1. The van der Waals surface area contributed by atoms with Gasteiger partial charge in [0.2, 0.25) is 0 Å². The fourth-order valence-corrected chi connectivity index (χ4v) is 5.36. The average molecular weight is 394 g/mol. The van der Waals surface area contributed by atoms with E-state index >= 15 is 0 Å². The van der Waals surface area contributed by atoms with E-state index in [-0.39, 0.29) is 9.96 Å². The van der Waals surface area contributed by atoms with Crippen molar-refractivity contribution in [2.75, 3.05) is 7.11 Å². The maximum absolute atomic E-state index is 13.7. The fraction of sp³-hybridized carbons (Fsp3) is 0.231. The Labute approximate surface area is 135 Å². The molecule has 8 heteroatoms. The van der Waals surface area contributed by atoms with Crippen molar-refractivity contribution in [2.45, 2.75) is 17.2 Å². The van der Waals surface area contributed by atoms with E-state index in [9.17, 15) is 12.8 Å². The molecule has 2 aromatic rings. The van der Waals surface area contributed by atoms with Crippen molar-refractivity contribution < 1.29 is 17.5 Å². The van der Waals surface area contributed by atoms with E-state index in [0.29, 0.717) is 10.0 Å². The lowest BCUT2D eigenvalue weighted by Gasteiger charge is -2.15. The van der Waals surface area contributed by atoms with Gasteiger partial charge in [0.1, 0.15) is 4.21 Å². The molecule has 2 rings (SSSR count). The van der Waals surface area contributed by atoms with Gasteiger partial charge in [0.05, 0.1) is 7.11 Å². The van der Waals surface area contributed by atoms with E-state index in [1.54, 1.807) is 24.4 Å². The van der Waals surface area contributed by atoms with Gasteiger partial charge in [-0.3, -0.25) is 0 Å². The molecule has 1 N–H and O–H groups in total. The van der Waals surface area contributed by atoms with Crippen LogP contribution in [0, 0.1) is 5.82 Å². The van der Waals surface area contributed by atoms with Crippen molar-refractivity contribution in [3.63, 3.8) is 0 Å². The Hall–Kier alpha value is -0.960. The van der Waals surface area contributed by atoms with Crippen LogP contribution in [-0.4, -0.2) is 15.5 Å². The quantitative estimate of drug-likeness (QED) is 0.842. The summed E-state index contributed by atoms with van der Waals surface area (Å²) in [6.07, 6.45) is 0. The number of nitrogens with one attached hydrogen (secondary N) is 1. The highest BCUT2D eigenvalue weighted by molar-refractivity contribution is 9.10. The lowest BCUT2D eigenvalue weighted by Crippen LogP contribution is -2.26. The number of halogens is 2. The first-order chi connectivity index (χ1) is 9.85. The predicted octanol–water partition coefficient (Wildman–Crippen LogP) is 3.70. The molecule has 114 valence electrons. The van der Waals surface area contributed by atoms with Crippen LogP contribution in [0.5, 0.6) is 5.75 Å². The SMILES string of the molecule is COc1ccc(C(C)NS(=O)(=O)c2sccc2Br)cc1F. The summed E-state index contributed by atoms with van der Waals surface area (Å²) in [6, 6.07) is 5.45. The maximum atomic E-state index is 13.7. The minimum Gasteiger partial charge on any atom is -0.494 e. The van der Waals surface area contributed by atoms with Gasteiger partial charge in [-0.25, -0.2) is 17.5 Å². The highest BCUT2D eigenvalue weighted by atomic mass is 79.9. The smallest absolute Gasteiger partial charge is 0.251 e. The maximum Gasteiger partial charge on any atom is 0.251 e. The third-order valence-corrected chi connectivity index (χ3v) is 7.05. The molecule has 1 unspecified atom stereocenters. The van der Waals surface area contributed by atoms with Crippen molar-refractivity contribution >= 4 is 37.3 Å². The van der Waals surface area contributed by atoms with Crippen molar-refractivity contribution in [3.05, 3.63) is 45.5 Å². The highest BCUT2D eigenvalue weighted by Gasteiger charge is 2.22. The molecule has 21 heavy (non-hydrogen) atoms. The molecule has 0 amide bonds. The normalized spacial score (nSPS) is 13.1. The monoisotopic (exact) mass is 393 g/mol. The van der Waals surface area contributed by atoms with Crippen molar-refractivity contribution in [1.29, 1.82) is 0 Å². The van der Waals surface area contributed by atoms with Gasteiger partial charge in [-0.15, -0.1) is 11.3 Å². The number of hydrogen-bond donors (Lipinski definition) is 1. The Morgan fingerprint density at radius 3 is 2.62 bits per heavy atom. The first-order valence-electron chi connectivity index (χ1n) is 5.94. The van der Waals surface area contributed by atoms with Gasteiger partial charge in [-0.1, -0.05) is 6.07 Å². The topological polar surface area (TPSA) is 55.4 Å². The Bertz CT molecular complexity index is 746. The standard InChI is InChI=1S/C13H13BrFNO3S2/c1-8(9-3-4-12(19-2)11(15)7-9)16-21(17,18)13-10(14)5-6-20-13/h3-8,16H,1-2H3. The molecule has 0 aliphatic carbocycles. The van der Waals surface area contributed by atoms with Gasteiger partial charge in [0.15, 0.2) is 11.6 Å². The van der Waals surface area contributed by atoms with Crippen molar-refractivity contribution in [3.8, 4) is 5.75 Å². The van der Waals surface area contributed by atoms with E-state index < -0.39 is 21.9 Å². The summed E-state index contributed by atoms with van der Waals surface area (Å²) in [6.45, 7) is 1.65. The molecule has 0 fully saturated rings. The first kappa shape index (κ1) is 16.4. The van der Waals surface area contributed by atoms with Crippen LogP contribution >= 0.6 is 27.3 Å². The van der Waals surface area contributed by atoms with Crippen LogP contribution in [0.1, 0.15) is 18.5 Å². The van der Waals surface area contributed by atoms with Crippen LogP contribution in [-0.2, 0) is 10.0 Å². The van der Waals surface area contributed by atoms with Crippen LogP contribution < -0.4 is 9.46 Å². The van der Waals surface area contributed by atoms with Gasteiger partial charge < -0.3 is 4.74 Å². The Morgan fingerprint density at radius 2 is 2.10 bits per heavy atom. The number of rotatable bonds is 5. The van der Waals surface area contributed by atoms with E-state index in [1.165, 1.54) is 19.2 Å². The number of thiophene rings is 1. The summed E-state index contributed by atoms with van der Waals surface area (Å²) in [5.74, 6) is -0.409. The number of sulfonamides is 1. The molecule has 0 saturated heterocycles. The van der Waals surface area contributed by atoms with Crippen LogP contribution in [0.4, 0.5) is 4.39 Å². The van der Waals surface area contributed by atoms with Gasteiger partial charge in [-0.2, -0.15) is 0 Å². The molecule has 0 bridgehead atoms. The van der Waals surface area contributed by atoms with Gasteiger partial charge >= 0.3 is 0 Å². The predicted molar refractivity (Wildman–Crippen MR) is 83.7 cm³/mol. The Balaban J connectivity index is 2.24. The zero-order valence-corrected chi connectivity index (χ0v) is 14.5. The largest absolute Gasteiger partial charge is 0.494 e. The minimum absolute atomic E-state index is 0.120. The molecule has 1 heterocycles. The van der Waals surface area contributed by atoms with E-state index in [1.807, 2.05) is 0 Å². The van der Waals surface area contributed by atoms with Gasteiger partial charge in [-0.05, 0) is 52.0 Å². The van der Waals surface area contributed by atoms with Crippen LogP contribution in [0.2, 0.25) is 0 Å². The highest BCUT2D eigenvalue weighted by Crippen LogP contribution is 2.29. The molecular formula is C13H13BrFNO3S2. The summed E-state index contributed by atoms with van der Waals surface area (Å²) in [4.78, 5) is 0. The second kappa shape index (κ2) is 6.43. The second-order valence-electron chi connectivity index (χ2n) is 4.29. The van der Waals surface area contributed by atoms with Crippen LogP contribution in [0.25, 0.3) is 0 Å². The summed E-state index contributed by atoms with van der Waals surface area (Å²) < 4.78 is 46.3. The van der Waals surface area contributed by atoms with Crippen molar-refractivity contribution in [2.24, 2.45) is 0 Å². The van der Waals surface area contributed by atoms with Crippen LogP contribution in [0.15, 0.2) is 38.3 Å². The summed E-state index contributed by atoms with van der Waals surface area (Å²) in [5.41, 5.74) is 0.518. The number of benzene rings is 1. The van der Waals surface area contributed by atoms with E-state index in [0.717, 1.165) is 11.3 Å². The summed E-state index contributed by atoms with van der Waals surface area (Å²) >= 11 is 4.30. The second-order valence-corrected chi connectivity index (χ2v) is 7.97. The average Bonchev–Trinajstić information content (AvgIpc) is 2.85. The third-order valence-electron chi connectivity index (χ3n) is 2.84. The lowest BCUT2D eigenvalue weighted by atomic mass is 10.1. The van der Waals surface area contributed by atoms with E-state index in [4.69, 9.17) is 4.74 Å². The molecule has 4 nitrogen and oxygen atoms in total. The van der Waals surface area contributed by atoms with Gasteiger partial charge in [0.25, 0.3) is 10.0 Å².